The average molecular weight is 383 g/mol. The summed E-state index contributed by atoms with van der Waals surface area (Å²) in [6.45, 7) is 1.16. The molecule has 1 saturated heterocycles. The SMILES string of the molecule is O=C(CSC1CCCCC1)Nc1cccc(S(=O)(=O)N2CCCC2)c1. The number of thioether (sulfide) groups is 1. The molecule has 0 atom stereocenters. The number of benzene rings is 1. The predicted molar refractivity (Wildman–Crippen MR) is 102 cm³/mol. The van der Waals surface area contributed by atoms with E-state index in [1.54, 1.807) is 36.0 Å². The summed E-state index contributed by atoms with van der Waals surface area (Å²) in [6.07, 6.45) is 8.04. The van der Waals surface area contributed by atoms with Crippen molar-refractivity contribution in [2.75, 3.05) is 24.2 Å². The zero-order chi connectivity index (χ0) is 17.7. The first kappa shape index (κ1) is 18.7. The number of sulfonamides is 1. The summed E-state index contributed by atoms with van der Waals surface area (Å²) in [4.78, 5) is 12.4. The maximum absolute atomic E-state index is 12.6. The number of anilines is 1. The van der Waals surface area contributed by atoms with Crippen molar-refractivity contribution in [2.24, 2.45) is 0 Å². The summed E-state index contributed by atoms with van der Waals surface area (Å²) in [5, 5.41) is 3.43. The molecule has 1 amide bonds. The molecule has 0 unspecified atom stereocenters. The van der Waals surface area contributed by atoms with Crippen LogP contribution >= 0.6 is 11.8 Å². The highest BCUT2D eigenvalue weighted by atomic mass is 32.2. The summed E-state index contributed by atoms with van der Waals surface area (Å²) in [5.41, 5.74) is 0.550. The molecule has 2 fully saturated rings. The number of carbonyl (C=O) groups is 1. The van der Waals surface area contributed by atoms with Crippen LogP contribution < -0.4 is 5.32 Å². The number of rotatable bonds is 6. The van der Waals surface area contributed by atoms with E-state index < -0.39 is 10.0 Å². The van der Waals surface area contributed by atoms with Crippen molar-refractivity contribution in [3.8, 4) is 0 Å². The van der Waals surface area contributed by atoms with Gasteiger partial charge in [0.2, 0.25) is 15.9 Å². The van der Waals surface area contributed by atoms with E-state index in [1.165, 1.54) is 36.4 Å². The molecule has 138 valence electrons. The van der Waals surface area contributed by atoms with Gasteiger partial charge in [0.25, 0.3) is 0 Å². The Morgan fingerprint density at radius 2 is 1.84 bits per heavy atom. The normalized spacial score (nSPS) is 19.8. The molecule has 0 radical (unpaired) electrons. The topological polar surface area (TPSA) is 66.5 Å². The molecule has 3 rings (SSSR count). The van der Waals surface area contributed by atoms with Gasteiger partial charge in [0, 0.05) is 24.0 Å². The Hall–Kier alpha value is -1.05. The minimum atomic E-state index is -3.45. The van der Waals surface area contributed by atoms with Crippen molar-refractivity contribution in [1.29, 1.82) is 0 Å². The monoisotopic (exact) mass is 382 g/mol. The molecule has 0 aromatic heterocycles. The summed E-state index contributed by atoms with van der Waals surface area (Å²) in [7, 11) is -3.45. The van der Waals surface area contributed by atoms with Crippen molar-refractivity contribution in [3.05, 3.63) is 24.3 Å². The first-order valence-electron chi connectivity index (χ1n) is 9.07. The van der Waals surface area contributed by atoms with Gasteiger partial charge in [-0.05, 0) is 43.9 Å². The quantitative estimate of drug-likeness (QED) is 0.818. The zero-order valence-corrected chi connectivity index (χ0v) is 16.1. The third-order valence-electron chi connectivity index (χ3n) is 4.82. The number of nitrogens with zero attached hydrogens (tertiary/aromatic N) is 1. The average Bonchev–Trinajstić information content (AvgIpc) is 3.17. The van der Waals surface area contributed by atoms with Gasteiger partial charge in [-0.25, -0.2) is 8.42 Å². The molecule has 1 aliphatic heterocycles. The van der Waals surface area contributed by atoms with Gasteiger partial charge in [-0.3, -0.25) is 4.79 Å². The standard InChI is InChI=1S/C18H26N2O3S2/c21-18(14-24-16-8-2-1-3-9-16)19-15-7-6-10-17(13-15)25(22,23)20-11-4-5-12-20/h6-7,10,13,16H,1-5,8-9,11-12,14H2,(H,19,21). The van der Waals surface area contributed by atoms with E-state index in [4.69, 9.17) is 0 Å². The lowest BCUT2D eigenvalue weighted by Gasteiger charge is -2.20. The molecule has 5 nitrogen and oxygen atoms in total. The van der Waals surface area contributed by atoms with Crippen LogP contribution in [0.15, 0.2) is 29.2 Å². The number of amides is 1. The maximum atomic E-state index is 12.6. The smallest absolute Gasteiger partial charge is 0.243 e. The lowest BCUT2D eigenvalue weighted by atomic mass is 10.0. The van der Waals surface area contributed by atoms with Crippen LogP contribution in [0.3, 0.4) is 0 Å². The Kier molecular flexibility index (Phi) is 6.41. The van der Waals surface area contributed by atoms with E-state index in [9.17, 15) is 13.2 Å². The van der Waals surface area contributed by atoms with Crippen molar-refractivity contribution in [2.45, 2.75) is 55.1 Å². The first-order chi connectivity index (χ1) is 12.1. The number of hydrogen-bond donors (Lipinski definition) is 1. The number of nitrogens with one attached hydrogen (secondary N) is 1. The Balaban J connectivity index is 1.58. The highest BCUT2D eigenvalue weighted by molar-refractivity contribution is 8.00. The molecule has 1 saturated carbocycles. The van der Waals surface area contributed by atoms with Gasteiger partial charge in [0.15, 0.2) is 0 Å². The Bertz CT molecular complexity index is 694. The van der Waals surface area contributed by atoms with Crippen LogP contribution in [0.4, 0.5) is 5.69 Å². The molecule has 25 heavy (non-hydrogen) atoms. The third-order valence-corrected chi connectivity index (χ3v) is 8.09. The van der Waals surface area contributed by atoms with E-state index >= 15 is 0 Å². The molecule has 2 aliphatic rings. The van der Waals surface area contributed by atoms with E-state index in [0.29, 0.717) is 29.8 Å². The first-order valence-corrected chi connectivity index (χ1v) is 11.6. The Morgan fingerprint density at radius 1 is 1.12 bits per heavy atom. The summed E-state index contributed by atoms with van der Waals surface area (Å²) >= 11 is 1.72. The fraction of sp³-hybridized carbons (Fsp3) is 0.611. The van der Waals surface area contributed by atoms with Crippen molar-refractivity contribution in [1.82, 2.24) is 4.31 Å². The fourth-order valence-electron chi connectivity index (χ4n) is 3.43. The summed E-state index contributed by atoms with van der Waals surface area (Å²) in [6, 6.07) is 6.59. The second-order valence-electron chi connectivity index (χ2n) is 6.76. The molecule has 7 heteroatoms. The van der Waals surface area contributed by atoms with Crippen LogP contribution in [0.25, 0.3) is 0 Å². The molecule has 1 heterocycles. The van der Waals surface area contributed by atoms with Crippen molar-refractivity contribution >= 4 is 33.4 Å². The minimum Gasteiger partial charge on any atom is -0.325 e. The van der Waals surface area contributed by atoms with Gasteiger partial charge in [-0.2, -0.15) is 4.31 Å². The van der Waals surface area contributed by atoms with E-state index in [0.717, 1.165) is 12.8 Å². The second kappa shape index (κ2) is 8.56. The molecule has 0 spiro atoms. The summed E-state index contributed by atoms with van der Waals surface area (Å²) in [5.74, 6) is 0.361. The zero-order valence-electron chi connectivity index (χ0n) is 14.4. The van der Waals surface area contributed by atoms with Crippen LogP contribution in [0, 0.1) is 0 Å². The van der Waals surface area contributed by atoms with E-state index in [1.807, 2.05) is 0 Å². The molecule has 0 bridgehead atoms. The van der Waals surface area contributed by atoms with Crippen LogP contribution in [0.5, 0.6) is 0 Å². The summed E-state index contributed by atoms with van der Waals surface area (Å²) < 4.78 is 26.7. The van der Waals surface area contributed by atoms with Gasteiger partial charge < -0.3 is 5.32 Å². The highest BCUT2D eigenvalue weighted by Crippen LogP contribution is 2.28. The van der Waals surface area contributed by atoms with Crippen molar-refractivity contribution in [3.63, 3.8) is 0 Å². The van der Waals surface area contributed by atoms with Crippen molar-refractivity contribution < 1.29 is 13.2 Å². The van der Waals surface area contributed by atoms with Gasteiger partial charge in [0.05, 0.1) is 10.6 Å². The van der Waals surface area contributed by atoms with Gasteiger partial charge in [-0.15, -0.1) is 11.8 Å². The van der Waals surface area contributed by atoms with Gasteiger partial charge in [-0.1, -0.05) is 25.3 Å². The molecular weight excluding hydrogens is 356 g/mol. The second-order valence-corrected chi connectivity index (χ2v) is 9.98. The van der Waals surface area contributed by atoms with Crippen LogP contribution in [-0.2, 0) is 14.8 Å². The largest absolute Gasteiger partial charge is 0.325 e. The molecule has 1 aromatic rings. The van der Waals surface area contributed by atoms with Gasteiger partial charge in [0.1, 0.15) is 0 Å². The Labute approximate surface area is 154 Å². The number of hydrogen-bond acceptors (Lipinski definition) is 4. The van der Waals surface area contributed by atoms with Crippen LogP contribution in [0.1, 0.15) is 44.9 Å². The highest BCUT2D eigenvalue weighted by Gasteiger charge is 2.27. The number of carbonyl (C=O) groups excluding carboxylic acids is 1. The van der Waals surface area contributed by atoms with Crippen LogP contribution in [-0.4, -0.2) is 42.7 Å². The van der Waals surface area contributed by atoms with Crippen LogP contribution in [0.2, 0.25) is 0 Å². The van der Waals surface area contributed by atoms with E-state index in [2.05, 4.69) is 5.32 Å². The fourth-order valence-corrected chi connectivity index (χ4v) is 6.12. The Morgan fingerprint density at radius 3 is 2.56 bits per heavy atom. The molecule has 1 N–H and O–H groups in total. The van der Waals surface area contributed by atoms with E-state index in [-0.39, 0.29) is 10.8 Å². The predicted octanol–water partition coefficient (Wildman–Crippen LogP) is 3.48. The third kappa shape index (κ3) is 4.99. The molecule has 1 aliphatic carbocycles. The molecule has 1 aromatic carbocycles. The van der Waals surface area contributed by atoms with Gasteiger partial charge >= 0.3 is 0 Å². The molecular formula is C18H26N2O3S2. The minimum absolute atomic E-state index is 0.0636. The lowest BCUT2D eigenvalue weighted by molar-refractivity contribution is -0.113. The lowest BCUT2D eigenvalue weighted by Crippen LogP contribution is -2.28. The maximum Gasteiger partial charge on any atom is 0.243 e.